The van der Waals surface area contributed by atoms with Gasteiger partial charge < -0.3 is 20.3 Å². The number of alkyl carbamates (subject to hydrolysis) is 1. The molecular weight excluding hydrogens is 418 g/mol. The third-order valence-corrected chi connectivity index (χ3v) is 5.49. The zero-order valence-electron chi connectivity index (χ0n) is 22.0. The van der Waals surface area contributed by atoms with Gasteiger partial charge in [-0.1, -0.05) is 31.5 Å². The van der Waals surface area contributed by atoms with E-state index in [0.717, 1.165) is 29.5 Å². The number of benzene rings is 1. The van der Waals surface area contributed by atoms with Crippen LogP contribution in [-0.4, -0.2) is 46.5 Å². The summed E-state index contributed by atoms with van der Waals surface area (Å²) < 4.78 is 5.31. The Morgan fingerprint density at radius 1 is 1.03 bits per heavy atom. The van der Waals surface area contributed by atoms with Gasteiger partial charge in [0.05, 0.1) is 0 Å². The van der Waals surface area contributed by atoms with E-state index in [-0.39, 0.29) is 23.9 Å². The molecule has 186 valence electrons. The number of nitrogens with one attached hydrogen (secondary N) is 2. The van der Waals surface area contributed by atoms with E-state index in [1.165, 1.54) is 0 Å². The predicted octanol–water partition coefficient (Wildman–Crippen LogP) is 4.80. The largest absolute Gasteiger partial charge is 0.444 e. The predicted molar refractivity (Wildman–Crippen MR) is 132 cm³/mol. The van der Waals surface area contributed by atoms with Gasteiger partial charge in [-0.15, -0.1) is 0 Å². The SMILES string of the molecule is CCCC(C)NC(=O)C(c1cccc(C)c1C)N(C(=O)C(C)NC(=O)OC(C)(C)C)C(C)C. The zero-order chi connectivity index (χ0) is 25.5. The first kappa shape index (κ1) is 28.5. The van der Waals surface area contributed by atoms with E-state index < -0.39 is 23.8 Å². The molecule has 0 aliphatic heterocycles. The maximum absolute atomic E-state index is 13.6. The second-order valence-electron chi connectivity index (χ2n) is 10.1. The van der Waals surface area contributed by atoms with Crippen LogP contribution >= 0.6 is 0 Å². The molecule has 0 aliphatic rings. The van der Waals surface area contributed by atoms with E-state index in [9.17, 15) is 14.4 Å². The molecule has 0 aliphatic carbocycles. The zero-order valence-corrected chi connectivity index (χ0v) is 22.0. The van der Waals surface area contributed by atoms with Gasteiger partial charge in [-0.05, 0) is 85.4 Å². The Morgan fingerprint density at radius 2 is 1.64 bits per heavy atom. The van der Waals surface area contributed by atoms with Crippen LogP contribution in [0, 0.1) is 13.8 Å². The van der Waals surface area contributed by atoms with Crippen molar-refractivity contribution in [3.8, 4) is 0 Å². The summed E-state index contributed by atoms with van der Waals surface area (Å²) in [6.07, 6.45) is 1.12. The van der Waals surface area contributed by atoms with Gasteiger partial charge in [0, 0.05) is 12.1 Å². The fourth-order valence-electron chi connectivity index (χ4n) is 3.76. The van der Waals surface area contributed by atoms with Gasteiger partial charge in [0.2, 0.25) is 11.8 Å². The smallest absolute Gasteiger partial charge is 0.408 e. The lowest BCUT2D eigenvalue weighted by atomic mass is 9.94. The Bertz CT molecular complexity index is 829. The lowest BCUT2D eigenvalue weighted by Crippen LogP contribution is -2.54. The van der Waals surface area contributed by atoms with Crippen molar-refractivity contribution >= 4 is 17.9 Å². The minimum atomic E-state index is -0.865. The molecule has 0 radical (unpaired) electrons. The molecule has 0 bridgehead atoms. The number of aryl methyl sites for hydroxylation is 1. The van der Waals surface area contributed by atoms with Gasteiger partial charge in [-0.2, -0.15) is 0 Å². The second-order valence-corrected chi connectivity index (χ2v) is 10.1. The van der Waals surface area contributed by atoms with Crippen molar-refractivity contribution in [1.29, 1.82) is 0 Å². The molecule has 2 N–H and O–H groups in total. The highest BCUT2D eigenvalue weighted by Crippen LogP contribution is 2.29. The van der Waals surface area contributed by atoms with Gasteiger partial charge in [0.1, 0.15) is 17.7 Å². The van der Waals surface area contributed by atoms with Gasteiger partial charge in [0.15, 0.2) is 0 Å². The highest BCUT2D eigenvalue weighted by Gasteiger charge is 2.37. The van der Waals surface area contributed by atoms with Crippen LogP contribution in [0.4, 0.5) is 4.79 Å². The van der Waals surface area contributed by atoms with E-state index >= 15 is 0 Å². The number of amides is 3. The molecule has 3 unspecified atom stereocenters. The van der Waals surface area contributed by atoms with Crippen LogP contribution < -0.4 is 10.6 Å². The molecule has 7 nitrogen and oxygen atoms in total. The first-order valence-corrected chi connectivity index (χ1v) is 11.9. The molecule has 0 saturated carbocycles. The molecule has 1 aromatic carbocycles. The summed E-state index contributed by atoms with van der Waals surface area (Å²) in [5.41, 5.74) is 2.11. The molecule has 0 saturated heterocycles. The molecule has 1 aromatic rings. The first-order valence-electron chi connectivity index (χ1n) is 11.9. The van der Waals surface area contributed by atoms with E-state index in [2.05, 4.69) is 17.6 Å². The van der Waals surface area contributed by atoms with Crippen LogP contribution in [0.1, 0.15) is 91.0 Å². The van der Waals surface area contributed by atoms with Crippen LogP contribution in [0.25, 0.3) is 0 Å². The summed E-state index contributed by atoms with van der Waals surface area (Å²) in [7, 11) is 0. The van der Waals surface area contributed by atoms with Crippen molar-refractivity contribution in [3.63, 3.8) is 0 Å². The Kier molecular flexibility index (Phi) is 10.4. The molecule has 1 rings (SSSR count). The topological polar surface area (TPSA) is 87.7 Å². The molecule has 7 heteroatoms. The third-order valence-electron chi connectivity index (χ3n) is 5.49. The summed E-state index contributed by atoms with van der Waals surface area (Å²) in [4.78, 5) is 41.0. The summed E-state index contributed by atoms with van der Waals surface area (Å²) in [5, 5.41) is 5.70. The maximum Gasteiger partial charge on any atom is 0.408 e. The number of hydrogen-bond acceptors (Lipinski definition) is 4. The van der Waals surface area contributed by atoms with E-state index in [1.54, 1.807) is 32.6 Å². The summed E-state index contributed by atoms with van der Waals surface area (Å²) in [5.74, 6) is -0.573. The highest BCUT2D eigenvalue weighted by molar-refractivity contribution is 5.92. The summed E-state index contributed by atoms with van der Waals surface area (Å²) in [6, 6.07) is 3.80. The molecule has 33 heavy (non-hydrogen) atoms. The molecule has 0 aromatic heterocycles. The van der Waals surface area contributed by atoms with Crippen molar-refractivity contribution in [2.24, 2.45) is 0 Å². The van der Waals surface area contributed by atoms with Crippen LogP contribution in [0.5, 0.6) is 0 Å². The van der Waals surface area contributed by atoms with Crippen LogP contribution in [0.3, 0.4) is 0 Å². The Hall–Kier alpha value is -2.57. The van der Waals surface area contributed by atoms with Crippen molar-refractivity contribution in [2.45, 2.75) is 112 Å². The Balaban J connectivity index is 3.37. The lowest BCUT2D eigenvalue weighted by Gasteiger charge is -2.37. The highest BCUT2D eigenvalue weighted by atomic mass is 16.6. The average Bonchev–Trinajstić information content (AvgIpc) is 2.66. The van der Waals surface area contributed by atoms with Gasteiger partial charge in [0.25, 0.3) is 0 Å². The lowest BCUT2D eigenvalue weighted by molar-refractivity contribution is -0.144. The number of carbonyl (C=O) groups is 3. The van der Waals surface area contributed by atoms with Gasteiger partial charge in [-0.25, -0.2) is 4.79 Å². The van der Waals surface area contributed by atoms with E-state index in [0.29, 0.717) is 0 Å². The number of rotatable bonds is 9. The Morgan fingerprint density at radius 3 is 2.15 bits per heavy atom. The van der Waals surface area contributed by atoms with Crippen LogP contribution in [-0.2, 0) is 14.3 Å². The second kappa shape index (κ2) is 12.1. The standard InChI is InChI=1S/C26H43N3O4/c1-11-13-18(5)27-23(30)22(21-15-12-14-17(4)19(21)6)29(16(2)3)24(31)20(7)28-25(32)33-26(8,9)10/h12,14-16,18,20,22H,11,13H2,1-10H3,(H,27,30)(H,28,32). The summed E-state index contributed by atoms with van der Waals surface area (Å²) in [6.45, 7) is 18.6. The van der Waals surface area contributed by atoms with Crippen molar-refractivity contribution in [1.82, 2.24) is 15.5 Å². The first-order chi connectivity index (χ1) is 15.2. The average molecular weight is 462 g/mol. The molecule has 0 spiro atoms. The van der Waals surface area contributed by atoms with E-state index in [1.807, 2.05) is 52.8 Å². The monoisotopic (exact) mass is 461 g/mol. The minimum absolute atomic E-state index is 0.0171. The van der Waals surface area contributed by atoms with Crippen LogP contribution in [0.15, 0.2) is 18.2 Å². The Labute approximate surface area is 199 Å². The van der Waals surface area contributed by atoms with Crippen molar-refractivity contribution < 1.29 is 19.1 Å². The molecular formula is C26H43N3O4. The van der Waals surface area contributed by atoms with Gasteiger partial charge in [-0.3, -0.25) is 9.59 Å². The van der Waals surface area contributed by atoms with Crippen molar-refractivity contribution in [2.75, 3.05) is 0 Å². The van der Waals surface area contributed by atoms with Gasteiger partial charge >= 0.3 is 6.09 Å². The third kappa shape index (κ3) is 8.37. The van der Waals surface area contributed by atoms with E-state index in [4.69, 9.17) is 4.74 Å². The minimum Gasteiger partial charge on any atom is -0.444 e. The normalized spacial score (nSPS) is 14.3. The molecule has 0 fully saturated rings. The summed E-state index contributed by atoms with van der Waals surface area (Å²) >= 11 is 0. The van der Waals surface area contributed by atoms with Crippen molar-refractivity contribution in [3.05, 3.63) is 34.9 Å². The molecule has 3 atom stereocenters. The quantitative estimate of drug-likeness (QED) is 0.553. The van der Waals surface area contributed by atoms with Crippen LogP contribution in [0.2, 0.25) is 0 Å². The maximum atomic E-state index is 13.6. The molecule has 0 heterocycles. The number of nitrogens with zero attached hydrogens (tertiary/aromatic N) is 1. The number of carbonyl (C=O) groups excluding carboxylic acids is 3. The fourth-order valence-corrected chi connectivity index (χ4v) is 3.76. The number of ether oxygens (including phenoxy) is 1. The molecule has 3 amide bonds. The number of hydrogen-bond donors (Lipinski definition) is 2. The fraction of sp³-hybridized carbons (Fsp3) is 0.654.